The largest absolute Gasteiger partial charge is 0.126 e. The lowest BCUT2D eigenvalue weighted by Gasteiger charge is -2.61. The molecule has 2 atom stereocenters. The standard InChI is InChI=1S/C12H19Cl/c1-11-3-9-2-10(4-11)6-12(5-9,7-11)8-13/h9-10H,2-8H2,1H3. The van der Waals surface area contributed by atoms with Crippen molar-refractivity contribution in [3.8, 4) is 0 Å². The molecule has 4 saturated carbocycles. The molecule has 0 spiro atoms. The molecule has 2 unspecified atom stereocenters. The van der Waals surface area contributed by atoms with Gasteiger partial charge in [-0.3, -0.25) is 0 Å². The third-order valence-corrected chi connectivity index (χ3v) is 5.33. The second-order valence-corrected chi connectivity index (χ2v) is 6.67. The van der Waals surface area contributed by atoms with E-state index in [-0.39, 0.29) is 0 Å². The van der Waals surface area contributed by atoms with Crippen LogP contribution in [0.25, 0.3) is 0 Å². The Morgan fingerprint density at radius 3 is 2.23 bits per heavy atom. The van der Waals surface area contributed by atoms with E-state index < -0.39 is 0 Å². The van der Waals surface area contributed by atoms with Crippen molar-refractivity contribution >= 4 is 11.6 Å². The molecule has 4 fully saturated rings. The maximum absolute atomic E-state index is 6.18. The molecule has 1 heteroatoms. The zero-order valence-corrected chi connectivity index (χ0v) is 9.24. The van der Waals surface area contributed by atoms with Crippen LogP contribution in [0.1, 0.15) is 45.4 Å². The second kappa shape index (κ2) is 2.45. The van der Waals surface area contributed by atoms with Gasteiger partial charge in [0, 0.05) is 5.88 Å². The van der Waals surface area contributed by atoms with Gasteiger partial charge >= 0.3 is 0 Å². The molecular weight excluding hydrogens is 180 g/mol. The quantitative estimate of drug-likeness (QED) is 0.562. The van der Waals surface area contributed by atoms with Crippen LogP contribution >= 0.6 is 11.6 Å². The Balaban J connectivity index is 1.95. The van der Waals surface area contributed by atoms with Gasteiger partial charge in [-0.25, -0.2) is 0 Å². The molecule has 13 heavy (non-hydrogen) atoms. The first kappa shape index (κ1) is 8.59. The van der Waals surface area contributed by atoms with E-state index in [9.17, 15) is 0 Å². The number of rotatable bonds is 1. The highest BCUT2D eigenvalue weighted by molar-refractivity contribution is 6.18. The van der Waals surface area contributed by atoms with Crippen molar-refractivity contribution in [2.24, 2.45) is 22.7 Å². The molecule has 0 aromatic carbocycles. The van der Waals surface area contributed by atoms with Crippen LogP contribution in [0, 0.1) is 22.7 Å². The first-order valence-corrected chi connectivity index (χ1v) is 6.23. The topological polar surface area (TPSA) is 0 Å². The van der Waals surface area contributed by atoms with Crippen molar-refractivity contribution in [2.45, 2.75) is 45.4 Å². The molecule has 4 aliphatic rings. The highest BCUT2D eigenvalue weighted by Gasteiger charge is 2.55. The SMILES string of the molecule is CC12CC3CC(C1)CC(CCl)(C3)C2. The Labute approximate surface area is 86.0 Å². The van der Waals surface area contributed by atoms with Gasteiger partial charge in [0.1, 0.15) is 0 Å². The van der Waals surface area contributed by atoms with E-state index in [4.69, 9.17) is 11.6 Å². The van der Waals surface area contributed by atoms with Crippen LogP contribution in [0.2, 0.25) is 0 Å². The van der Waals surface area contributed by atoms with Crippen LogP contribution in [0.15, 0.2) is 0 Å². The minimum absolute atomic E-state index is 0.570. The van der Waals surface area contributed by atoms with Gasteiger partial charge in [0.25, 0.3) is 0 Å². The molecule has 0 amide bonds. The Morgan fingerprint density at radius 2 is 1.77 bits per heavy atom. The molecule has 0 N–H and O–H groups in total. The smallest absolute Gasteiger partial charge is 0.0280 e. The molecule has 0 aromatic heterocycles. The summed E-state index contributed by atoms with van der Waals surface area (Å²) in [6, 6.07) is 0. The summed E-state index contributed by atoms with van der Waals surface area (Å²) in [7, 11) is 0. The summed E-state index contributed by atoms with van der Waals surface area (Å²) in [6.45, 7) is 2.51. The van der Waals surface area contributed by atoms with Crippen LogP contribution in [0.4, 0.5) is 0 Å². The van der Waals surface area contributed by atoms with Crippen molar-refractivity contribution in [3.05, 3.63) is 0 Å². The lowest BCUT2D eigenvalue weighted by Crippen LogP contribution is -2.51. The fourth-order valence-electron chi connectivity index (χ4n) is 5.08. The van der Waals surface area contributed by atoms with Crippen LogP contribution < -0.4 is 0 Å². The Kier molecular flexibility index (Phi) is 1.62. The fourth-order valence-corrected chi connectivity index (χ4v) is 5.40. The molecule has 0 saturated heterocycles. The second-order valence-electron chi connectivity index (χ2n) is 6.41. The third kappa shape index (κ3) is 1.17. The average Bonchev–Trinajstić information content (AvgIpc) is 1.99. The molecule has 0 nitrogen and oxygen atoms in total. The minimum Gasteiger partial charge on any atom is -0.126 e. The zero-order valence-electron chi connectivity index (χ0n) is 8.48. The van der Waals surface area contributed by atoms with E-state index in [1.807, 2.05) is 0 Å². The number of halogens is 1. The fraction of sp³-hybridized carbons (Fsp3) is 1.00. The zero-order chi connectivity index (χ0) is 9.10. The number of hydrogen-bond donors (Lipinski definition) is 0. The van der Waals surface area contributed by atoms with Crippen molar-refractivity contribution in [1.29, 1.82) is 0 Å². The van der Waals surface area contributed by atoms with Gasteiger partial charge < -0.3 is 0 Å². The summed E-state index contributed by atoms with van der Waals surface area (Å²) in [5.74, 6) is 2.99. The van der Waals surface area contributed by atoms with Crippen molar-refractivity contribution in [1.82, 2.24) is 0 Å². The molecule has 4 aliphatic carbocycles. The molecule has 0 aliphatic heterocycles. The van der Waals surface area contributed by atoms with E-state index in [0.29, 0.717) is 10.8 Å². The van der Waals surface area contributed by atoms with Gasteiger partial charge in [-0.15, -0.1) is 11.6 Å². The maximum Gasteiger partial charge on any atom is 0.0280 e. The average molecular weight is 199 g/mol. The van der Waals surface area contributed by atoms with E-state index >= 15 is 0 Å². The first-order chi connectivity index (χ1) is 6.13. The van der Waals surface area contributed by atoms with Crippen LogP contribution in [-0.2, 0) is 0 Å². The highest BCUT2D eigenvalue weighted by Crippen LogP contribution is 2.65. The molecule has 0 aromatic rings. The van der Waals surface area contributed by atoms with Gasteiger partial charge in [0.05, 0.1) is 0 Å². The predicted molar refractivity (Wildman–Crippen MR) is 55.9 cm³/mol. The van der Waals surface area contributed by atoms with Gasteiger partial charge in [-0.2, -0.15) is 0 Å². The molecule has 0 heterocycles. The van der Waals surface area contributed by atoms with Gasteiger partial charge in [0.2, 0.25) is 0 Å². The van der Waals surface area contributed by atoms with Crippen LogP contribution in [0.5, 0.6) is 0 Å². The molecular formula is C12H19Cl. The van der Waals surface area contributed by atoms with E-state index in [1.165, 1.54) is 38.5 Å². The van der Waals surface area contributed by atoms with Crippen molar-refractivity contribution < 1.29 is 0 Å². The van der Waals surface area contributed by atoms with Crippen LogP contribution in [-0.4, -0.2) is 5.88 Å². The summed E-state index contributed by atoms with van der Waals surface area (Å²) in [5.41, 5.74) is 1.25. The summed E-state index contributed by atoms with van der Waals surface area (Å²) < 4.78 is 0. The highest BCUT2D eigenvalue weighted by atomic mass is 35.5. The summed E-state index contributed by atoms with van der Waals surface area (Å²) in [4.78, 5) is 0. The van der Waals surface area contributed by atoms with Crippen molar-refractivity contribution in [3.63, 3.8) is 0 Å². The molecule has 4 rings (SSSR count). The summed E-state index contributed by atoms with van der Waals surface area (Å²) >= 11 is 6.18. The maximum atomic E-state index is 6.18. The van der Waals surface area contributed by atoms with Crippen LogP contribution in [0.3, 0.4) is 0 Å². The first-order valence-electron chi connectivity index (χ1n) is 5.69. The Morgan fingerprint density at radius 1 is 1.15 bits per heavy atom. The minimum atomic E-state index is 0.570. The lowest BCUT2D eigenvalue weighted by atomic mass is 9.45. The Hall–Kier alpha value is 0.290. The molecule has 4 bridgehead atoms. The molecule has 74 valence electrons. The van der Waals surface area contributed by atoms with Gasteiger partial charge in [-0.1, -0.05) is 6.92 Å². The lowest BCUT2D eigenvalue weighted by molar-refractivity contribution is -0.0901. The molecule has 0 radical (unpaired) electrons. The normalized spacial score (nSPS) is 58.6. The Bertz CT molecular complexity index is 219. The monoisotopic (exact) mass is 198 g/mol. The van der Waals surface area contributed by atoms with E-state index in [1.54, 1.807) is 0 Å². The van der Waals surface area contributed by atoms with E-state index in [0.717, 1.165) is 17.7 Å². The van der Waals surface area contributed by atoms with Crippen molar-refractivity contribution in [2.75, 3.05) is 5.88 Å². The third-order valence-electron chi connectivity index (χ3n) is 4.76. The van der Waals surface area contributed by atoms with Gasteiger partial charge in [0.15, 0.2) is 0 Å². The summed E-state index contributed by atoms with van der Waals surface area (Å²) in [5, 5.41) is 0. The number of hydrogen-bond acceptors (Lipinski definition) is 0. The number of alkyl halides is 1. The van der Waals surface area contributed by atoms with Gasteiger partial charge in [-0.05, 0) is 61.2 Å². The summed E-state index contributed by atoms with van der Waals surface area (Å²) in [6.07, 6.45) is 8.85. The predicted octanol–water partition coefficient (Wildman–Crippen LogP) is 3.83. The van der Waals surface area contributed by atoms with E-state index in [2.05, 4.69) is 6.92 Å².